The molecule has 0 spiro atoms. The van der Waals surface area contributed by atoms with Crippen molar-refractivity contribution in [2.75, 3.05) is 7.11 Å². The maximum absolute atomic E-state index is 12.8. The summed E-state index contributed by atoms with van der Waals surface area (Å²) >= 11 is 0. The standard InChI is InChI=1S/C8H6F3NO2/c1-14-8-4(3-13)2-5(9)6(12-8)7(10)11/h2-3,7H,1H3. The summed E-state index contributed by atoms with van der Waals surface area (Å²) in [7, 11) is 1.16. The summed E-state index contributed by atoms with van der Waals surface area (Å²) in [6.07, 6.45) is -2.76. The Labute approximate surface area is 77.5 Å². The van der Waals surface area contributed by atoms with Gasteiger partial charge in [0.2, 0.25) is 5.88 Å². The van der Waals surface area contributed by atoms with Crippen molar-refractivity contribution in [3.8, 4) is 5.88 Å². The largest absolute Gasteiger partial charge is 0.480 e. The second-order valence-electron chi connectivity index (χ2n) is 2.37. The molecule has 0 saturated heterocycles. The minimum Gasteiger partial charge on any atom is -0.480 e. The number of rotatable bonds is 3. The van der Waals surface area contributed by atoms with Gasteiger partial charge in [-0.1, -0.05) is 0 Å². The lowest BCUT2D eigenvalue weighted by atomic mass is 10.2. The molecular weight excluding hydrogens is 199 g/mol. The van der Waals surface area contributed by atoms with Crippen LogP contribution in [0, 0.1) is 5.82 Å². The van der Waals surface area contributed by atoms with Gasteiger partial charge in [0.05, 0.1) is 12.7 Å². The predicted octanol–water partition coefficient (Wildman–Crippen LogP) is 1.98. The maximum atomic E-state index is 12.8. The Bertz CT molecular complexity index is 355. The summed E-state index contributed by atoms with van der Waals surface area (Å²) in [6, 6.07) is 0.667. The number of hydrogen-bond acceptors (Lipinski definition) is 3. The van der Waals surface area contributed by atoms with E-state index in [4.69, 9.17) is 0 Å². The number of nitrogens with zero attached hydrogens (tertiary/aromatic N) is 1. The van der Waals surface area contributed by atoms with Crippen molar-refractivity contribution < 1.29 is 22.7 Å². The molecule has 3 nitrogen and oxygen atoms in total. The molecule has 1 heterocycles. The highest BCUT2D eigenvalue weighted by molar-refractivity contribution is 5.78. The molecule has 1 rings (SSSR count). The fourth-order valence-electron chi connectivity index (χ4n) is 0.901. The minimum absolute atomic E-state index is 0.200. The third-order valence-corrected chi connectivity index (χ3v) is 1.52. The fourth-order valence-corrected chi connectivity index (χ4v) is 0.901. The molecule has 0 unspecified atom stereocenters. The van der Waals surface area contributed by atoms with Crippen LogP contribution in [0.1, 0.15) is 22.5 Å². The Morgan fingerprint density at radius 3 is 2.64 bits per heavy atom. The van der Waals surface area contributed by atoms with Crippen molar-refractivity contribution in [2.45, 2.75) is 6.43 Å². The van der Waals surface area contributed by atoms with Gasteiger partial charge in [0.15, 0.2) is 12.1 Å². The van der Waals surface area contributed by atoms with Crippen LogP contribution in [0.4, 0.5) is 13.2 Å². The lowest BCUT2D eigenvalue weighted by Crippen LogP contribution is -2.02. The molecule has 0 amide bonds. The number of carbonyl (C=O) groups is 1. The van der Waals surface area contributed by atoms with E-state index in [0.29, 0.717) is 6.07 Å². The molecule has 0 aromatic carbocycles. The van der Waals surface area contributed by atoms with Gasteiger partial charge < -0.3 is 4.74 Å². The summed E-state index contributed by atoms with van der Waals surface area (Å²) in [6.45, 7) is 0. The van der Waals surface area contributed by atoms with E-state index in [9.17, 15) is 18.0 Å². The van der Waals surface area contributed by atoms with Crippen LogP contribution in [0.5, 0.6) is 5.88 Å². The van der Waals surface area contributed by atoms with Gasteiger partial charge in [0.25, 0.3) is 6.43 Å². The van der Waals surface area contributed by atoms with E-state index in [0.717, 1.165) is 7.11 Å². The molecule has 0 fully saturated rings. The van der Waals surface area contributed by atoms with Crippen molar-refractivity contribution in [1.82, 2.24) is 4.98 Å². The molecule has 0 aliphatic heterocycles. The molecule has 0 bridgehead atoms. The number of pyridine rings is 1. The Hall–Kier alpha value is -1.59. The monoisotopic (exact) mass is 205 g/mol. The Morgan fingerprint density at radius 2 is 2.21 bits per heavy atom. The highest BCUT2D eigenvalue weighted by atomic mass is 19.3. The molecule has 0 atom stereocenters. The zero-order chi connectivity index (χ0) is 10.7. The van der Waals surface area contributed by atoms with Gasteiger partial charge in [-0.05, 0) is 6.07 Å². The quantitative estimate of drug-likeness (QED) is 0.708. The van der Waals surface area contributed by atoms with Crippen molar-refractivity contribution in [3.05, 3.63) is 23.1 Å². The van der Waals surface area contributed by atoms with Crippen LogP contribution in [0.25, 0.3) is 0 Å². The normalized spacial score (nSPS) is 10.4. The number of aldehydes is 1. The van der Waals surface area contributed by atoms with Crippen LogP contribution in [0.3, 0.4) is 0 Å². The SMILES string of the molecule is COc1nc(C(F)F)c(F)cc1C=O. The van der Waals surface area contributed by atoms with Crippen molar-refractivity contribution >= 4 is 6.29 Å². The molecule has 6 heteroatoms. The average molecular weight is 205 g/mol. The number of aromatic nitrogens is 1. The van der Waals surface area contributed by atoms with Gasteiger partial charge in [0, 0.05) is 0 Å². The molecule has 0 radical (unpaired) electrons. The van der Waals surface area contributed by atoms with Gasteiger partial charge in [-0.25, -0.2) is 18.2 Å². The molecular formula is C8H6F3NO2. The lowest BCUT2D eigenvalue weighted by Gasteiger charge is -2.06. The van der Waals surface area contributed by atoms with Crippen molar-refractivity contribution in [1.29, 1.82) is 0 Å². The van der Waals surface area contributed by atoms with Crippen molar-refractivity contribution in [3.63, 3.8) is 0 Å². The van der Waals surface area contributed by atoms with Crippen LogP contribution in [-0.2, 0) is 0 Å². The van der Waals surface area contributed by atoms with Gasteiger partial charge in [-0.15, -0.1) is 0 Å². The number of methoxy groups -OCH3 is 1. The predicted molar refractivity (Wildman–Crippen MR) is 41.1 cm³/mol. The minimum atomic E-state index is -3.04. The van der Waals surface area contributed by atoms with E-state index >= 15 is 0 Å². The molecule has 14 heavy (non-hydrogen) atoms. The van der Waals surface area contributed by atoms with Crippen LogP contribution in [0.15, 0.2) is 6.07 Å². The van der Waals surface area contributed by atoms with Crippen LogP contribution < -0.4 is 4.74 Å². The van der Waals surface area contributed by atoms with E-state index in [-0.39, 0.29) is 17.7 Å². The summed E-state index contributed by atoms with van der Waals surface area (Å²) in [4.78, 5) is 13.5. The third-order valence-electron chi connectivity index (χ3n) is 1.52. The first-order chi connectivity index (χ1) is 6.60. The lowest BCUT2D eigenvalue weighted by molar-refractivity contribution is 0.111. The molecule has 0 aliphatic rings. The van der Waals surface area contributed by atoms with Crippen LogP contribution >= 0.6 is 0 Å². The highest BCUT2D eigenvalue weighted by Crippen LogP contribution is 2.24. The number of carbonyl (C=O) groups excluding carboxylic acids is 1. The Morgan fingerprint density at radius 1 is 1.57 bits per heavy atom. The summed E-state index contributed by atoms with van der Waals surface area (Å²) in [5.74, 6) is -1.53. The first-order valence-corrected chi connectivity index (χ1v) is 3.58. The fraction of sp³-hybridized carbons (Fsp3) is 0.250. The van der Waals surface area contributed by atoms with Crippen molar-refractivity contribution in [2.24, 2.45) is 0 Å². The number of alkyl halides is 2. The number of halogens is 3. The summed E-state index contributed by atoms with van der Waals surface area (Å²) in [5.41, 5.74) is -1.22. The van der Waals surface area contributed by atoms with E-state index in [2.05, 4.69) is 9.72 Å². The molecule has 0 saturated carbocycles. The molecule has 1 aromatic rings. The molecule has 0 aliphatic carbocycles. The van der Waals surface area contributed by atoms with Crippen LogP contribution in [0.2, 0.25) is 0 Å². The average Bonchev–Trinajstić information content (AvgIpc) is 2.16. The van der Waals surface area contributed by atoms with Gasteiger partial charge in [-0.3, -0.25) is 4.79 Å². The molecule has 76 valence electrons. The topological polar surface area (TPSA) is 39.2 Å². The Kier molecular flexibility index (Phi) is 3.06. The smallest absolute Gasteiger partial charge is 0.283 e. The van der Waals surface area contributed by atoms with E-state index in [1.54, 1.807) is 0 Å². The van der Waals surface area contributed by atoms with E-state index < -0.39 is 17.9 Å². The number of ether oxygens (including phenoxy) is 1. The van der Waals surface area contributed by atoms with Gasteiger partial charge >= 0.3 is 0 Å². The maximum Gasteiger partial charge on any atom is 0.283 e. The second-order valence-corrected chi connectivity index (χ2v) is 2.37. The van der Waals surface area contributed by atoms with Crippen LogP contribution in [-0.4, -0.2) is 18.4 Å². The zero-order valence-corrected chi connectivity index (χ0v) is 7.13. The molecule has 1 aromatic heterocycles. The first-order valence-electron chi connectivity index (χ1n) is 3.58. The Balaban J connectivity index is 3.30. The number of hydrogen-bond donors (Lipinski definition) is 0. The summed E-state index contributed by atoms with van der Waals surface area (Å²) in [5, 5.41) is 0. The van der Waals surface area contributed by atoms with Gasteiger partial charge in [0.1, 0.15) is 5.69 Å². The van der Waals surface area contributed by atoms with E-state index in [1.165, 1.54) is 0 Å². The van der Waals surface area contributed by atoms with E-state index in [1.807, 2.05) is 0 Å². The zero-order valence-electron chi connectivity index (χ0n) is 7.13. The van der Waals surface area contributed by atoms with Gasteiger partial charge in [-0.2, -0.15) is 0 Å². The first kappa shape index (κ1) is 10.5. The highest BCUT2D eigenvalue weighted by Gasteiger charge is 2.19. The summed E-state index contributed by atoms with van der Waals surface area (Å²) < 4.78 is 41.7. The second kappa shape index (κ2) is 4.08. The molecule has 0 N–H and O–H groups in total. The third kappa shape index (κ3) is 1.84.